The lowest BCUT2D eigenvalue weighted by atomic mass is 9.70. The van der Waals surface area contributed by atoms with Gasteiger partial charge in [-0.05, 0) is 93.1 Å². The fourth-order valence-corrected chi connectivity index (χ4v) is 4.37. The highest BCUT2D eigenvalue weighted by molar-refractivity contribution is 5.25. The first-order valence-corrected chi connectivity index (χ1v) is 8.77. The smallest absolute Gasteiger partial charge is 0.0162 e. The van der Waals surface area contributed by atoms with E-state index in [0.29, 0.717) is 0 Å². The zero-order valence-corrected chi connectivity index (χ0v) is 13.0. The highest BCUT2D eigenvalue weighted by Crippen LogP contribution is 2.42. The molecular weight excluding hydrogens is 240 g/mol. The molecule has 0 unspecified atom stereocenters. The Kier molecular flexibility index (Phi) is 4.81. The van der Waals surface area contributed by atoms with Gasteiger partial charge in [0.15, 0.2) is 0 Å². The molecule has 3 rings (SSSR count). The van der Waals surface area contributed by atoms with Gasteiger partial charge in [-0.25, -0.2) is 0 Å². The minimum atomic E-state index is 0.840. The highest BCUT2D eigenvalue weighted by Gasteiger charge is 2.28. The Morgan fingerprint density at radius 1 is 0.800 bits per heavy atom. The summed E-state index contributed by atoms with van der Waals surface area (Å²) >= 11 is 0. The Hall–Kier alpha value is -0.780. The van der Waals surface area contributed by atoms with Gasteiger partial charge in [-0.1, -0.05) is 31.2 Å². The largest absolute Gasteiger partial charge is 0.0613 e. The second-order valence-electron chi connectivity index (χ2n) is 6.91. The van der Waals surface area contributed by atoms with Crippen molar-refractivity contribution in [1.29, 1.82) is 0 Å². The average molecular weight is 269 g/mol. The van der Waals surface area contributed by atoms with Gasteiger partial charge in [0, 0.05) is 0 Å². The van der Waals surface area contributed by atoms with Crippen LogP contribution in [0, 0.1) is 18.3 Å². The lowest BCUT2D eigenvalue weighted by Gasteiger charge is -2.36. The summed E-state index contributed by atoms with van der Waals surface area (Å²) in [5.41, 5.74) is 3.07. The molecule has 2 aliphatic rings. The summed E-state index contributed by atoms with van der Waals surface area (Å²) in [6.07, 6.45) is 15.2. The van der Waals surface area contributed by atoms with Crippen molar-refractivity contribution in [3.05, 3.63) is 41.8 Å². The summed E-state index contributed by atoms with van der Waals surface area (Å²) in [6, 6.07) is 9.44. The maximum Gasteiger partial charge on any atom is -0.0162 e. The van der Waals surface area contributed by atoms with Crippen LogP contribution in [-0.4, -0.2) is 0 Å². The standard InChI is InChI=1S/C20H29/c1-2-16-8-10-18(11-9-16)20-14-12-19(13-15-20)17-6-4-3-5-7-17/h3,8-11,17,19-20H,2,4-7,12-15H2,1H3/t19-,20-. The SMILES string of the molecule is CCc1ccc([C@H]2CC[C@H](C3CC[CH]CC3)CC2)cc1. The van der Waals surface area contributed by atoms with Crippen LogP contribution in [0.5, 0.6) is 0 Å². The van der Waals surface area contributed by atoms with Crippen molar-refractivity contribution in [2.75, 3.05) is 0 Å². The average Bonchev–Trinajstić information content (AvgIpc) is 2.56. The summed E-state index contributed by atoms with van der Waals surface area (Å²) in [7, 11) is 0. The third kappa shape index (κ3) is 3.27. The molecule has 0 aliphatic heterocycles. The molecule has 2 fully saturated rings. The normalized spacial score (nSPS) is 28.4. The van der Waals surface area contributed by atoms with Gasteiger partial charge in [0.1, 0.15) is 0 Å². The van der Waals surface area contributed by atoms with E-state index in [4.69, 9.17) is 0 Å². The molecule has 0 amide bonds. The van der Waals surface area contributed by atoms with Gasteiger partial charge in [-0.2, -0.15) is 0 Å². The van der Waals surface area contributed by atoms with Crippen LogP contribution in [0.4, 0.5) is 0 Å². The van der Waals surface area contributed by atoms with Crippen molar-refractivity contribution in [2.45, 2.75) is 70.6 Å². The molecule has 0 aromatic heterocycles. The molecule has 0 N–H and O–H groups in total. The molecule has 0 saturated heterocycles. The molecule has 2 saturated carbocycles. The predicted molar refractivity (Wildman–Crippen MR) is 86.8 cm³/mol. The summed E-state index contributed by atoms with van der Waals surface area (Å²) in [4.78, 5) is 0. The zero-order chi connectivity index (χ0) is 13.8. The molecule has 0 heteroatoms. The number of aryl methyl sites for hydroxylation is 1. The molecule has 2 aliphatic carbocycles. The summed E-state index contributed by atoms with van der Waals surface area (Å²) in [5, 5.41) is 0. The van der Waals surface area contributed by atoms with Crippen LogP contribution in [0.25, 0.3) is 0 Å². The van der Waals surface area contributed by atoms with Gasteiger partial charge in [0.05, 0.1) is 0 Å². The number of hydrogen-bond acceptors (Lipinski definition) is 0. The van der Waals surface area contributed by atoms with Gasteiger partial charge in [-0.15, -0.1) is 0 Å². The fourth-order valence-electron chi connectivity index (χ4n) is 4.37. The quantitative estimate of drug-likeness (QED) is 0.639. The Labute approximate surface area is 125 Å². The first-order valence-electron chi connectivity index (χ1n) is 8.77. The molecule has 0 nitrogen and oxygen atoms in total. The van der Waals surface area contributed by atoms with Crippen LogP contribution >= 0.6 is 0 Å². The topological polar surface area (TPSA) is 0 Å². The first-order chi connectivity index (χ1) is 9.86. The first kappa shape index (κ1) is 14.2. The van der Waals surface area contributed by atoms with E-state index in [-0.39, 0.29) is 0 Å². The highest BCUT2D eigenvalue weighted by atomic mass is 14.3. The maximum atomic E-state index is 2.50. The van der Waals surface area contributed by atoms with Crippen LogP contribution < -0.4 is 0 Å². The molecule has 109 valence electrons. The summed E-state index contributed by atoms with van der Waals surface area (Å²) in [6.45, 7) is 2.24. The number of rotatable bonds is 3. The van der Waals surface area contributed by atoms with E-state index in [9.17, 15) is 0 Å². The lowest BCUT2D eigenvalue weighted by Crippen LogP contribution is -2.23. The molecule has 0 spiro atoms. The predicted octanol–water partition coefficient (Wildman–Crippen LogP) is 5.92. The van der Waals surface area contributed by atoms with E-state index in [0.717, 1.165) is 24.2 Å². The minimum Gasteiger partial charge on any atom is -0.0613 e. The van der Waals surface area contributed by atoms with E-state index in [2.05, 4.69) is 37.6 Å². The summed E-state index contributed by atoms with van der Waals surface area (Å²) in [5.74, 6) is 2.92. The molecule has 1 aromatic carbocycles. The second kappa shape index (κ2) is 6.78. The molecule has 20 heavy (non-hydrogen) atoms. The fraction of sp³-hybridized carbons (Fsp3) is 0.650. The molecule has 1 radical (unpaired) electrons. The van der Waals surface area contributed by atoms with Crippen LogP contribution in [0.1, 0.15) is 75.3 Å². The summed E-state index contributed by atoms with van der Waals surface area (Å²) < 4.78 is 0. The Balaban J connectivity index is 1.54. The van der Waals surface area contributed by atoms with E-state index in [1.807, 2.05) is 0 Å². The van der Waals surface area contributed by atoms with Crippen molar-refractivity contribution in [2.24, 2.45) is 11.8 Å². The molecule has 0 bridgehead atoms. The van der Waals surface area contributed by atoms with Crippen LogP contribution in [0.3, 0.4) is 0 Å². The van der Waals surface area contributed by atoms with Gasteiger partial charge in [-0.3, -0.25) is 0 Å². The minimum absolute atomic E-state index is 0.840. The van der Waals surface area contributed by atoms with Crippen LogP contribution in [0.15, 0.2) is 24.3 Å². The van der Waals surface area contributed by atoms with Crippen LogP contribution in [0.2, 0.25) is 0 Å². The second-order valence-corrected chi connectivity index (χ2v) is 6.91. The molecular formula is C20H29. The Morgan fingerprint density at radius 3 is 2.00 bits per heavy atom. The van der Waals surface area contributed by atoms with E-state index < -0.39 is 0 Å². The Morgan fingerprint density at radius 2 is 1.40 bits per heavy atom. The van der Waals surface area contributed by atoms with Crippen molar-refractivity contribution in [3.63, 3.8) is 0 Å². The number of hydrogen-bond donors (Lipinski definition) is 0. The van der Waals surface area contributed by atoms with E-state index in [1.54, 1.807) is 5.56 Å². The van der Waals surface area contributed by atoms with Crippen molar-refractivity contribution >= 4 is 0 Å². The molecule has 1 aromatic rings. The zero-order valence-electron chi connectivity index (χ0n) is 13.0. The van der Waals surface area contributed by atoms with Crippen molar-refractivity contribution in [1.82, 2.24) is 0 Å². The van der Waals surface area contributed by atoms with E-state index >= 15 is 0 Å². The molecule has 0 heterocycles. The van der Waals surface area contributed by atoms with Gasteiger partial charge in [0.25, 0.3) is 0 Å². The van der Waals surface area contributed by atoms with Gasteiger partial charge >= 0.3 is 0 Å². The maximum absolute atomic E-state index is 2.50. The van der Waals surface area contributed by atoms with E-state index in [1.165, 1.54) is 56.9 Å². The third-order valence-electron chi connectivity index (χ3n) is 5.78. The van der Waals surface area contributed by atoms with Crippen LogP contribution in [-0.2, 0) is 6.42 Å². The van der Waals surface area contributed by atoms with Gasteiger partial charge in [0.2, 0.25) is 0 Å². The van der Waals surface area contributed by atoms with Crippen molar-refractivity contribution in [3.8, 4) is 0 Å². The van der Waals surface area contributed by atoms with Crippen molar-refractivity contribution < 1.29 is 0 Å². The third-order valence-corrected chi connectivity index (χ3v) is 5.78. The molecule has 0 atom stereocenters. The lowest BCUT2D eigenvalue weighted by molar-refractivity contribution is 0.199. The van der Waals surface area contributed by atoms with Gasteiger partial charge < -0.3 is 0 Å². The number of benzene rings is 1. The Bertz CT molecular complexity index is 389. The monoisotopic (exact) mass is 269 g/mol.